The third-order valence-corrected chi connectivity index (χ3v) is 5.38. The summed E-state index contributed by atoms with van der Waals surface area (Å²) in [6.07, 6.45) is 2.05. The zero-order chi connectivity index (χ0) is 21.0. The van der Waals surface area contributed by atoms with Gasteiger partial charge in [-0.15, -0.1) is 0 Å². The van der Waals surface area contributed by atoms with Gasteiger partial charge in [-0.05, 0) is 51.8 Å². The van der Waals surface area contributed by atoms with E-state index in [1.807, 2.05) is 18.7 Å². The van der Waals surface area contributed by atoms with Crippen LogP contribution in [-0.2, 0) is 26.4 Å². The number of guanidine groups is 1. The minimum atomic E-state index is 0.219. The molecule has 1 aromatic carbocycles. The molecule has 1 unspecified atom stereocenters. The highest BCUT2D eigenvalue weighted by Crippen LogP contribution is 2.35. The fourth-order valence-electron chi connectivity index (χ4n) is 3.79. The lowest BCUT2D eigenvalue weighted by molar-refractivity contribution is 0.254. The molecule has 158 valence electrons. The van der Waals surface area contributed by atoms with E-state index in [2.05, 4.69) is 53.6 Å². The molecule has 0 saturated heterocycles. The molecule has 0 spiro atoms. The standard InChI is InChI=1S/C22H33N5O2/c1-7-28-20-11-17-10-14(2)29-21(17)12-18(20)13-25-22(23-5)24-9-8-19-15(3)26-27(6)16(19)4/h11-12,14H,7-10,13H2,1-6H3,(H2,23,24,25). The van der Waals surface area contributed by atoms with Crippen LogP contribution in [0.15, 0.2) is 17.1 Å². The van der Waals surface area contributed by atoms with E-state index in [0.29, 0.717) is 13.2 Å². The fraction of sp³-hybridized carbons (Fsp3) is 0.545. The first-order chi connectivity index (χ1) is 13.9. The smallest absolute Gasteiger partial charge is 0.191 e. The third kappa shape index (κ3) is 4.83. The van der Waals surface area contributed by atoms with E-state index in [1.54, 1.807) is 7.05 Å². The Hall–Kier alpha value is -2.70. The molecule has 1 aliphatic heterocycles. The molecule has 0 amide bonds. The van der Waals surface area contributed by atoms with Gasteiger partial charge in [0.15, 0.2) is 5.96 Å². The van der Waals surface area contributed by atoms with Gasteiger partial charge < -0.3 is 20.1 Å². The van der Waals surface area contributed by atoms with Crippen molar-refractivity contribution in [2.45, 2.75) is 53.2 Å². The highest BCUT2D eigenvalue weighted by molar-refractivity contribution is 5.79. The number of hydrogen-bond acceptors (Lipinski definition) is 4. The lowest BCUT2D eigenvalue weighted by Crippen LogP contribution is -2.38. The molecule has 1 atom stereocenters. The van der Waals surface area contributed by atoms with Gasteiger partial charge in [-0.2, -0.15) is 5.10 Å². The van der Waals surface area contributed by atoms with E-state index in [-0.39, 0.29) is 6.10 Å². The topological polar surface area (TPSA) is 72.7 Å². The van der Waals surface area contributed by atoms with Gasteiger partial charge in [-0.25, -0.2) is 0 Å². The van der Waals surface area contributed by atoms with Gasteiger partial charge in [-0.1, -0.05) is 0 Å². The summed E-state index contributed by atoms with van der Waals surface area (Å²) < 4.78 is 13.7. The van der Waals surface area contributed by atoms with Crippen molar-refractivity contribution >= 4 is 5.96 Å². The minimum absolute atomic E-state index is 0.219. The molecule has 2 N–H and O–H groups in total. The lowest BCUT2D eigenvalue weighted by atomic mass is 10.1. The number of benzene rings is 1. The SMILES string of the molecule is CCOc1cc2c(cc1CNC(=NC)NCCc1c(C)nn(C)c1C)OC(C)C2. The molecule has 1 aliphatic rings. The molecule has 2 aromatic rings. The van der Waals surface area contributed by atoms with Crippen molar-refractivity contribution in [3.05, 3.63) is 40.2 Å². The van der Waals surface area contributed by atoms with Crippen molar-refractivity contribution in [2.75, 3.05) is 20.2 Å². The third-order valence-electron chi connectivity index (χ3n) is 5.38. The second-order valence-corrected chi connectivity index (χ2v) is 7.51. The molecule has 29 heavy (non-hydrogen) atoms. The Kier molecular flexibility index (Phi) is 6.67. The maximum Gasteiger partial charge on any atom is 0.191 e. The van der Waals surface area contributed by atoms with E-state index in [0.717, 1.165) is 48.1 Å². The average Bonchev–Trinajstić information content (AvgIpc) is 3.16. The summed E-state index contributed by atoms with van der Waals surface area (Å²) in [5.74, 6) is 2.64. The van der Waals surface area contributed by atoms with Crippen LogP contribution >= 0.6 is 0 Å². The minimum Gasteiger partial charge on any atom is -0.494 e. The van der Waals surface area contributed by atoms with E-state index < -0.39 is 0 Å². The zero-order valence-corrected chi connectivity index (χ0v) is 18.4. The maximum absolute atomic E-state index is 5.91. The number of nitrogens with zero attached hydrogens (tertiary/aromatic N) is 3. The summed E-state index contributed by atoms with van der Waals surface area (Å²) in [4.78, 5) is 4.35. The Morgan fingerprint density at radius 2 is 2.14 bits per heavy atom. The summed E-state index contributed by atoms with van der Waals surface area (Å²) in [7, 11) is 3.77. The first-order valence-corrected chi connectivity index (χ1v) is 10.3. The van der Waals surface area contributed by atoms with E-state index in [4.69, 9.17) is 9.47 Å². The number of aliphatic imine (C=N–C) groups is 1. The molecule has 7 nitrogen and oxygen atoms in total. The fourth-order valence-corrected chi connectivity index (χ4v) is 3.79. The Bertz CT molecular complexity index is 888. The van der Waals surface area contributed by atoms with E-state index in [1.165, 1.54) is 16.8 Å². The molecule has 0 saturated carbocycles. The largest absolute Gasteiger partial charge is 0.494 e. The van der Waals surface area contributed by atoms with Crippen LogP contribution in [0, 0.1) is 13.8 Å². The zero-order valence-electron chi connectivity index (χ0n) is 18.4. The van der Waals surface area contributed by atoms with Gasteiger partial charge in [-0.3, -0.25) is 9.67 Å². The first kappa shape index (κ1) is 21.0. The molecule has 1 aromatic heterocycles. The summed E-state index contributed by atoms with van der Waals surface area (Å²) in [6, 6.07) is 4.20. The molecule has 2 heterocycles. The van der Waals surface area contributed by atoms with Crippen LogP contribution in [0.3, 0.4) is 0 Å². The highest BCUT2D eigenvalue weighted by Gasteiger charge is 2.22. The van der Waals surface area contributed by atoms with Gasteiger partial charge in [0.25, 0.3) is 0 Å². The Balaban J connectivity index is 1.60. The van der Waals surface area contributed by atoms with Crippen LogP contribution in [0.25, 0.3) is 0 Å². The molecular weight excluding hydrogens is 366 g/mol. The number of nitrogens with one attached hydrogen (secondary N) is 2. The van der Waals surface area contributed by atoms with Crippen LogP contribution in [0.1, 0.15) is 41.9 Å². The van der Waals surface area contributed by atoms with Crippen molar-refractivity contribution < 1.29 is 9.47 Å². The average molecular weight is 400 g/mol. The van der Waals surface area contributed by atoms with E-state index in [9.17, 15) is 0 Å². The molecule has 0 bridgehead atoms. The number of ether oxygens (including phenoxy) is 2. The van der Waals surface area contributed by atoms with Gasteiger partial charge in [0, 0.05) is 50.4 Å². The molecule has 0 radical (unpaired) electrons. The highest BCUT2D eigenvalue weighted by atomic mass is 16.5. The number of aromatic nitrogens is 2. The number of aryl methyl sites for hydroxylation is 2. The number of rotatable bonds is 7. The summed E-state index contributed by atoms with van der Waals surface area (Å²) in [6.45, 7) is 10.3. The van der Waals surface area contributed by atoms with Gasteiger partial charge in [0.2, 0.25) is 0 Å². The van der Waals surface area contributed by atoms with Crippen molar-refractivity contribution in [1.82, 2.24) is 20.4 Å². The quantitative estimate of drug-likeness (QED) is 0.553. The van der Waals surface area contributed by atoms with E-state index >= 15 is 0 Å². The molecule has 7 heteroatoms. The van der Waals surface area contributed by atoms with Gasteiger partial charge >= 0.3 is 0 Å². The van der Waals surface area contributed by atoms with Crippen molar-refractivity contribution in [3.63, 3.8) is 0 Å². The molecule has 0 fully saturated rings. The van der Waals surface area contributed by atoms with Crippen LogP contribution < -0.4 is 20.1 Å². The Morgan fingerprint density at radius 1 is 1.34 bits per heavy atom. The summed E-state index contributed by atoms with van der Waals surface area (Å²) >= 11 is 0. The Morgan fingerprint density at radius 3 is 2.79 bits per heavy atom. The monoisotopic (exact) mass is 399 g/mol. The predicted octanol–water partition coefficient (Wildman–Crippen LogP) is 2.67. The summed E-state index contributed by atoms with van der Waals surface area (Å²) in [5, 5.41) is 11.3. The van der Waals surface area contributed by atoms with Crippen LogP contribution in [-0.4, -0.2) is 42.0 Å². The first-order valence-electron chi connectivity index (χ1n) is 10.3. The van der Waals surface area contributed by atoms with Crippen molar-refractivity contribution in [2.24, 2.45) is 12.0 Å². The van der Waals surface area contributed by atoms with Gasteiger partial charge in [0.1, 0.15) is 17.6 Å². The normalized spacial score (nSPS) is 15.8. The second-order valence-electron chi connectivity index (χ2n) is 7.51. The van der Waals surface area contributed by atoms with Crippen molar-refractivity contribution in [1.29, 1.82) is 0 Å². The van der Waals surface area contributed by atoms with Crippen LogP contribution in [0.4, 0.5) is 0 Å². The predicted molar refractivity (Wildman–Crippen MR) is 116 cm³/mol. The van der Waals surface area contributed by atoms with Crippen LogP contribution in [0.2, 0.25) is 0 Å². The van der Waals surface area contributed by atoms with Crippen LogP contribution in [0.5, 0.6) is 11.5 Å². The second kappa shape index (κ2) is 9.20. The molecule has 0 aliphatic carbocycles. The molecule has 3 rings (SSSR count). The molecular formula is C22H33N5O2. The lowest BCUT2D eigenvalue weighted by Gasteiger charge is -2.16. The maximum atomic E-state index is 5.91. The van der Waals surface area contributed by atoms with Gasteiger partial charge in [0.05, 0.1) is 12.3 Å². The van der Waals surface area contributed by atoms with Crippen molar-refractivity contribution in [3.8, 4) is 11.5 Å². The number of fused-ring (bicyclic) bond motifs is 1. The Labute approximate surface area is 173 Å². The number of hydrogen-bond donors (Lipinski definition) is 2. The summed E-state index contributed by atoms with van der Waals surface area (Å²) in [5.41, 5.74) is 5.87.